The van der Waals surface area contributed by atoms with Crippen molar-refractivity contribution < 1.29 is 0 Å². The van der Waals surface area contributed by atoms with Crippen LogP contribution in [0.5, 0.6) is 0 Å². The average Bonchev–Trinajstić information content (AvgIpc) is 1.15. The molecule has 4 N–H and O–H groups in total. The maximum Gasteiger partial charge on any atom is 0.134 e. The monoisotopic (exact) mass is 1540 g/mol. The number of hydrogen-bond acceptors (Lipinski definition) is 17. The Morgan fingerprint density at radius 3 is 1.08 bits per heavy atom. The van der Waals surface area contributed by atoms with Crippen molar-refractivity contribution in [3.8, 4) is 0 Å². The SMILES string of the molecule is CC(C)c1cc[nH]c1.CC(C)c1ccccc1.CC(C)c1ccccn1.CC(C)c1cccnc1.CC(C)c1ccn[nH]1.CC(C)c1ccn[nH]1.CC(C)c1ccncc1.CC(C)c1ccncn1.CC(C)c1cnc[nH]1.CC(C)c1cscn1.CC(C)c1ncccn1.CC(C)c1nccs1.CC(C)c1ncncn1. The van der Waals surface area contributed by atoms with Crippen LogP contribution in [0.15, 0.2) is 231 Å². The van der Waals surface area contributed by atoms with Crippen LogP contribution in [-0.2, 0) is 0 Å². The first-order valence-electron chi connectivity index (χ1n) is 38.7. The predicted octanol–water partition coefficient (Wildman–Crippen LogP) is 24.9. The Labute approximate surface area is 675 Å². The Bertz CT molecular complexity index is 3290. The summed E-state index contributed by atoms with van der Waals surface area (Å²) in [6.07, 6.45) is 32.0. The number of pyridine rings is 3. The maximum atomic E-state index is 4.18. The van der Waals surface area contributed by atoms with Gasteiger partial charge in [0.25, 0.3) is 0 Å². The Hall–Kier alpha value is -9.99. The highest BCUT2D eigenvalue weighted by Gasteiger charge is 2.04. The lowest BCUT2D eigenvalue weighted by Gasteiger charge is -2.01. The van der Waals surface area contributed by atoms with Gasteiger partial charge in [-0.2, -0.15) is 10.2 Å². The van der Waals surface area contributed by atoms with Gasteiger partial charge >= 0.3 is 0 Å². The molecule has 0 amide bonds. The molecule has 19 nitrogen and oxygen atoms in total. The molecule has 0 saturated heterocycles. The van der Waals surface area contributed by atoms with Crippen molar-refractivity contribution in [1.82, 2.24) is 95.2 Å². The minimum atomic E-state index is 0.396. The summed E-state index contributed by atoms with van der Waals surface area (Å²) in [6, 6.07) is 34.5. The summed E-state index contributed by atoms with van der Waals surface area (Å²) in [5, 5.41) is 18.7. The normalized spacial score (nSPS) is 10.2. The van der Waals surface area contributed by atoms with Crippen LogP contribution in [0, 0.1) is 0 Å². The van der Waals surface area contributed by atoms with E-state index in [0.29, 0.717) is 76.9 Å². The van der Waals surface area contributed by atoms with E-state index in [4.69, 9.17) is 0 Å². The highest BCUT2D eigenvalue weighted by Crippen LogP contribution is 2.18. The van der Waals surface area contributed by atoms with Crippen LogP contribution < -0.4 is 0 Å². The fourth-order valence-corrected chi connectivity index (χ4v) is 9.67. The van der Waals surface area contributed by atoms with E-state index in [2.05, 4.69) is 317 Å². The smallest absolute Gasteiger partial charge is 0.134 e. The first kappa shape index (κ1) is 99.0. The number of H-pyrrole nitrogens is 4. The number of benzene rings is 1. The lowest BCUT2D eigenvalue weighted by atomic mass is 10.0. The van der Waals surface area contributed by atoms with Crippen LogP contribution in [0.2, 0.25) is 0 Å². The molecule has 111 heavy (non-hydrogen) atoms. The molecular formula is C90H133N19S2. The van der Waals surface area contributed by atoms with Gasteiger partial charge in [0.1, 0.15) is 30.6 Å². The Kier molecular flexibility index (Phi) is 54.2. The number of rotatable bonds is 13. The Morgan fingerprint density at radius 2 is 0.802 bits per heavy atom. The largest absolute Gasteiger partial charge is 0.367 e. The number of nitrogens with one attached hydrogen (secondary N) is 4. The van der Waals surface area contributed by atoms with Crippen LogP contribution in [0.3, 0.4) is 0 Å². The third-order valence-electron chi connectivity index (χ3n) is 15.5. The quantitative estimate of drug-likeness (QED) is 0.0837. The van der Waals surface area contributed by atoms with E-state index in [9.17, 15) is 0 Å². The van der Waals surface area contributed by atoms with Gasteiger partial charge in [-0.1, -0.05) is 222 Å². The van der Waals surface area contributed by atoms with Gasteiger partial charge in [0, 0.05) is 144 Å². The molecule has 13 aromatic rings. The van der Waals surface area contributed by atoms with Crippen molar-refractivity contribution in [1.29, 1.82) is 0 Å². The lowest BCUT2D eigenvalue weighted by Crippen LogP contribution is -1.95. The van der Waals surface area contributed by atoms with Crippen molar-refractivity contribution in [2.45, 2.75) is 257 Å². The molecule has 1 aromatic carbocycles. The van der Waals surface area contributed by atoms with Gasteiger partial charge in [0.05, 0.1) is 22.5 Å². The van der Waals surface area contributed by atoms with Crippen LogP contribution in [0.1, 0.15) is 330 Å². The van der Waals surface area contributed by atoms with Crippen molar-refractivity contribution in [2.24, 2.45) is 0 Å². The topological polar surface area (TPSA) is 257 Å². The molecule has 0 fully saturated rings. The third-order valence-corrected chi connectivity index (χ3v) is 17.2. The van der Waals surface area contributed by atoms with Gasteiger partial charge < -0.3 is 9.97 Å². The fourth-order valence-electron chi connectivity index (χ4n) is 8.30. The maximum absolute atomic E-state index is 4.18. The molecule has 12 aromatic heterocycles. The van der Waals surface area contributed by atoms with Crippen molar-refractivity contribution in [3.63, 3.8) is 0 Å². The second-order valence-corrected chi connectivity index (χ2v) is 31.1. The van der Waals surface area contributed by atoms with Gasteiger partial charge in [-0.25, -0.2) is 49.8 Å². The van der Waals surface area contributed by atoms with E-state index in [-0.39, 0.29) is 0 Å². The summed E-state index contributed by atoms with van der Waals surface area (Å²) >= 11 is 3.38. The molecule has 0 aliphatic heterocycles. The summed E-state index contributed by atoms with van der Waals surface area (Å²) in [5.41, 5.74) is 14.4. The molecule has 0 bridgehead atoms. The molecule has 0 aliphatic carbocycles. The zero-order valence-electron chi connectivity index (χ0n) is 71.5. The highest BCUT2D eigenvalue weighted by atomic mass is 32.1. The second-order valence-electron chi connectivity index (χ2n) is 29.4. The number of nitrogens with zero attached hydrogens (tertiary/aromatic N) is 15. The van der Waals surface area contributed by atoms with Gasteiger partial charge in [-0.15, -0.1) is 22.7 Å². The molecule has 12 heterocycles. The van der Waals surface area contributed by atoms with Crippen molar-refractivity contribution in [3.05, 3.63) is 305 Å². The zero-order chi connectivity index (χ0) is 82.7. The Morgan fingerprint density at radius 1 is 0.297 bits per heavy atom. The van der Waals surface area contributed by atoms with E-state index in [1.807, 2.05) is 127 Å². The summed E-state index contributed by atoms with van der Waals surface area (Å²) in [6.45, 7) is 55.6. The minimum Gasteiger partial charge on any atom is -0.367 e. The molecule has 0 aliphatic rings. The molecule has 0 unspecified atom stereocenters. The zero-order valence-corrected chi connectivity index (χ0v) is 73.1. The molecule has 0 spiro atoms. The highest BCUT2D eigenvalue weighted by molar-refractivity contribution is 7.09. The number of imidazole rings is 1. The molecule has 13 rings (SSSR count). The van der Waals surface area contributed by atoms with Gasteiger partial charge in [0.15, 0.2) is 0 Å². The van der Waals surface area contributed by atoms with E-state index in [1.54, 1.807) is 72.5 Å². The molecular weight excluding hydrogens is 1410 g/mol. The number of hydrogen-bond donors (Lipinski definition) is 4. The minimum absolute atomic E-state index is 0.396. The van der Waals surface area contributed by atoms with E-state index < -0.39 is 0 Å². The lowest BCUT2D eigenvalue weighted by molar-refractivity contribution is 0.759. The van der Waals surface area contributed by atoms with Crippen LogP contribution in [-0.4, -0.2) is 95.2 Å². The van der Waals surface area contributed by atoms with Crippen molar-refractivity contribution >= 4 is 22.7 Å². The number of aromatic amines is 4. The van der Waals surface area contributed by atoms with E-state index in [1.165, 1.54) is 62.7 Å². The molecule has 0 saturated carbocycles. The average molecular weight is 1550 g/mol. The number of thiazole rings is 2. The van der Waals surface area contributed by atoms with Gasteiger partial charge in [-0.05, 0) is 142 Å². The summed E-state index contributed by atoms with van der Waals surface area (Å²) in [5.74, 6) is 9.06. The second kappa shape index (κ2) is 60.8. The molecule has 21 heteroatoms. The van der Waals surface area contributed by atoms with E-state index in [0.717, 1.165) is 23.0 Å². The van der Waals surface area contributed by atoms with Crippen LogP contribution >= 0.6 is 22.7 Å². The Balaban J connectivity index is 0.000000601. The fraction of sp³-hybridized carbons (Fsp3) is 0.433. The van der Waals surface area contributed by atoms with Gasteiger partial charge in [-0.3, -0.25) is 25.1 Å². The van der Waals surface area contributed by atoms with E-state index >= 15 is 0 Å². The summed E-state index contributed by atoms with van der Waals surface area (Å²) in [7, 11) is 0. The van der Waals surface area contributed by atoms with Crippen molar-refractivity contribution in [2.75, 3.05) is 0 Å². The predicted molar refractivity (Wildman–Crippen MR) is 467 cm³/mol. The number of aromatic nitrogens is 19. The molecule has 0 radical (unpaired) electrons. The van der Waals surface area contributed by atoms with Crippen LogP contribution in [0.25, 0.3) is 0 Å². The first-order valence-corrected chi connectivity index (χ1v) is 40.6. The standard InChI is InChI=1S/C9H12.3C8H11N.2C7H10N2.C7H11N.C6H9N3.3C6H10N2.2C6H9NS/c1-8(2)9-6-4-3-5-7-9;1-7(2)8-3-5-9-6-4-8;1-7(2)8-4-3-5-9-6-8;1-7(2)8-5-3-4-6-9-8;1-6(2)7-3-4-8-5-9-7;1-6(2)7-8-4-3-5-9-7;1-6(2)7-3-4-8-5-7;1-5(2)6-8-3-7-4-9-6;1-5(2)6-3-7-4-8-6;2*1-5(2)6-3-4-7-8-6;1-5(2)6-3-8-4-7-6;1-5(2)6-7-3-4-8-6/h3-8H,1-2H3;3*3-7H,1-2H3;2*3-6H,1-2H3;3-6,8H,1-2H3;3-5H,1-2H3;3*3-5H,1-2H3,(H,7,8);2*3-5H,1-2H3. The molecule has 0 atom stereocenters. The first-order chi connectivity index (χ1) is 53.0. The summed E-state index contributed by atoms with van der Waals surface area (Å²) < 4.78 is 0. The third kappa shape index (κ3) is 49.0. The molecule has 600 valence electrons. The van der Waals surface area contributed by atoms with Gasteiger partial charge in [0.2, 0.25) is 0 Å². The summed E-state index contributed by atoms with van der Waals surface area (Å²) in [4.78, 5) is 57.9. The van der Waals surface area contributed by atoms with Crippen LogP contribution in [0.4, 0.5) is 0 Å².